The van der Waals surface area contributed by atoms with Gasteiger partial charge in [0.05, 0.1) is 5.56 Å². The van der Waals surface area contributed by atoms with Crippen molar-refractivity contribution in [2.45, 2.75) is 12.8 Å². The second-order valence-corrected chi connectivity index (χ2v) is 11.7. The molecule has 0 saturated carbocycles. The number of guanidine groups is 3. The molecule has 4 amide bonds. The van der Waals surface area contributed by atoms with Gasteiger partial charge in [-0.25, -0.2) is 4.90 Å². The highest BCUT2D eigenvalue weighted by Gasteiger charge is 2.25. The quantitative estimate of drug-likeness (QED) is 0.0630. The molecular formula is C39H38BrN9O4. The highest BCUT2D eigenvalue weighted by molar-refractivity contribution is 9.10. The highest BCUT2D eigenvalue weighted by atomic mass is 79.9. The van der Waals surface area contributed by atoms with E-state index in [1.807, 2.05) is 91.0 Å². The van der Waals surface area contributed by atoms with Crippen LogP contribution < -0.4 is 27.8 Å². The zero-order valence-corrected chi connectivity index (χ0v) is 30.0. The van der Waals surface area contributed by atoms with Gasteiger partial charge in [0.2, 0.25) is 11.9 Å². The van der Waals surface area contributed by atoms with E-state index < -0.39 is 29.6 Å². The molecule has 0 bridgehead atoms. The van der Waals surface area contributed by atoms with Crippen LogP contribution in [-0.2, 0) is 16.0 Å². The Morgan fingerprint density at radius 3 is 1.81 bits per heavy atom. The summed E-state index contributed by atoms with van der Waals surface area (Å²) < 4.78 is 0.703. The number of hydrogen-bond donors (Lipinski definition) is 8. The Bertz CT molecular complexity index is 2110. The van der Waals surface area contributed by atoms with Gasteiger partial charge in [0.1, 0.15) is 0 Å². The summed E-state index contributed by atoms with van der Waals surface area (Å²) in [7, 11) is 0. The van der Waals surface area contributed by atoms with Gasteiger partial charge in [0, 0.05) is 22.5 Å². The number of nitrogens with one attached hydrogen (secondary N) is 5. The fourth-order valence-corrected chi connectivity index (χ4v) is 5.26. The minimum Gasteiger partial charge on any atom is -0.370 e. The number of nitrogens with two attached hydrogens (primary N) is 3. The molecule has 0 aliphatic heterocycles. The smallest absolute Gasteiger partial charge is 0.267 e. The van der Waals surface area contributed by atoms with E-state index in [1.54, 1.807) is 42.5 Å². The summed E-state index contributed by atoms with van der Waals surface area (Å²) in [6.07, 6.45) is 3.59. The number of rotatable bonds is 7. The van der Waals surface area contributed by atoms with Gasteiger partial charge in [0.15, 0.2) is 11.9 Å². The largest absolute Gasteiger partial charge is 0.370 e. The van der Waals surface area contributed by atoms with Crippen LogP contribution in [0.3, 0.4) is 0 Å². The fraction of sp³-hybridized carbons (Fsp3) is 0.0513. The number of amides is 4. The molecule has 0 unspecified atom stereocenters. The molecule has 0 aromatic heterocycles. The van der Waals surface area contributed by atoms with Gasteiger partial charge in [-0.05, 0) is 68.5 Å². The van der Waals surface area contributed by atoms with Gasteiger partial charge in [-0.1, -0.05) is 109 Å². The summed E-state index contributed by atoms with van der Waals surface area (Å²) in [6, 6.07) is 38.5. The van der Waals surface area contributed by atoms with E-state index in [0.717, 1.165) is 26.8 Å². The molecule has 270 valence electrons. The number of aryl methyl sites for hydroxylation is 1. The average Bonchev–Trinajstić information content (AvgIpc) is 3.14. The zero-order chi connectivity index (χ0) is 38.8. The summed E-state index contributed by atoms with van der Waals surface area (Å²) in [5.74, 6) is -3.14. The maximum Gasteiger partial charge on any atom is 0.267 e. The van der Waals surface area contributed by atoms with Gasteiger partial charge in [-0.15, -0.1) is 0 Å². The Morgan fingerprint density at radius 2 is 1.23 bits per heavy atom. The summed E-state index contributed by atoms with van der Waals surface area (Å²) in [5, 5.41) is 27.8. The van der Waals surface area contributed by atoms with Crippen molar-refractivity contribution < 1.29 is 19.2 Å². The van der Waals surface area contributed by atoms with Crippen molar-refractivity contribution in [3.63, 3.8) is 0 Å². The Morgan fingerprint density at radius 1 is 0.679 bits per heavy atom. The summed E-state index contributed by atoms with van der Waals surface area (Å²) >= 11 is 3.40. The van der Waals surface area contributed by atoms with Gasteiger partial charge in [0.25, 0.3) is 17.7 Å². The molecule has 0 aliphatic carbocycles. The monoisotopic (exact) mass is 775 g/mol. The van der Waals surface area contributed by atoms with Gasteiger partial charge in [-0.2, -0.15) is 0 Å². The molecule has 0 radical (unpaired) electrons. The lowest BCUT2D eigenvalue weighted by Gasteiger charge is -2.18. The van der Waals surface area contributed by atoms with E-state index in [2.05, 4.69) is 26.6 Å². The summed E-state index contributed by atoms with van der Waals surface area (Å²) in [6.45, 7) is 0. The first kappa shape index (κ1) is 40.5. The molecule has 0 spiro atoms. The van der Waals surface area contributed by atoms with E-state index in [0.29, 0.717) is 22.0 Å². The first-order valence-electron chi connectivity index (χ1n) is 15.9. The van der Waals surface area contributed by atoms with Crippen LogP contribution in [0.1, 0.15) is 38.3 Å². The van der Waals surface area contributed by atoms with Crippen molar-refractivity contribution in [3.8, 4) is 0 Å². The molecule has 5 rings (SSSR count). The molecule has 13 nitrogen and oxygen atoms in total. The molecule has 0 aliphatic rings. The lowest BCUT2D eigenvalue weighted by molar-refractivity contribution is -0.125. The Labute approximate surface area is 314 Å². The average molecular weight is 777 g/mol. The first-order valence-corrected chi connectivity index (χ1v) is 16.7. The normalized spacial score (nSPS) is 10.1. The number of nitrogens with zero attached hydrogens (tertiary/aromatic N) is 1. The third kappa shape index (κ3) is 13.4. The van der Waals surface area contributed by atoms with Crippen molar-refractivity contribution in [2.75, 3.05) is 0 Å². The molecule has 0 fully saturated rings. The molecule has 0 atom stereocenters. The van der Waals surface area contributed by atoms with Gasteiger partial charge in [-0.3, -0.25) is 46.0 Å². The van der Waals surface area contributed by atoms with Crippen LogP contribution in [-0.4, -0.2) is 46.4 Å². The molecule has 0 heterocycles. The second kappa shape index (κ2) is 20.7. The van der Waals surface area contributed by atoms with Crippen LogP contribution in [0.25, 0.3) is 16.8 Å². The van der Waals surface area contributed by atoms with Crippen LogP contribution in [0.2, 0.25) is 0 Å². The topological polar surface area (TPSA) is 245 Å². The van der Waals surface area contributed by atoms with E-state index in [-0.39, 0.29) is 18.3 Å². The minimum atomic E-state index is -0.578. The molecule has 11 N–H and O–H groups in total. The number of carbonyl (C=O) groups excluding carboxylic acids is 4. The highest BCUT2D eigenvalue weighted by Crippen LogP contribution is 2.27. The third-order valence-electron chi connectivity index (χ3n) is 7.03. The van der Waals surface area contributed by atoms with E-state index in [9.17, 15) is 19.2 Å². The molecule has 0 saturated heterocycles. The lowest BCUT2D eigenvalue weighted by atomic mass is 10.1. The molecular weight excluding hydrogens is 738 g/mol. The first-order chi connectivity index (χ1) is 25.4. The fourth-order valence-electron chi connectivity index (χ4n) is 4.58. The van der Waals surface area contributed by atoms with Crippen LogP contribution in [0, 0.1) is 16.2 Å². The number of halogens is 1. The number of hydrogen-bond acceptors (Lipinski definition) is 7. The van der Waals surface area contributed by atoms with Crippen LogP contribution >= 0.6 is 15.9 Å². The van der Waals surface area contributed by atoms with Crippen LogP contribution in [0.15, 0.2) is 138 Å². The standard InChI is InChI=1S/C17H17N3O2.C12H10BrN3O.C10H11N3O/c18-17(19)20(16(22)14-9-5-2-6-10-14)15(21)12-11-13-7-3-1-4-8-13;13-10-8-4-2-1-3-7(8)5-6-9(10)11(17)16-12(14)15;11-10(12)13-9(14)7-6-8-4-2-1-3-5-8/h1-10H,11-12H2,(H3,18,19);1-6H,(H4,14,15,16,17);1-7H,(H4,11,12,13,14). The van der Waals surface area contributed by atoms with E-state index in [4.69, 9.17) is 33.4 Å². The van der Waals surface area contributed by atoms with Crippen LogP contribution in [0.5, 0.6) is 0 Å². The zero-order valence-electron chi connectivity index (χ0n) is 28.4. The van der Waals surface area contributed by atoms with E-state index in [1.165, 1.54) is 6.08 Å². The second-order valence-electron chi connectivity index (χ2n) is 10.9. The van der Waals surface area contributed by atoms with Gasteiger partial charge < -0.3 is 17.2 Å². The third-order valence-corrected chi connectivity index (χ3v) is 7.88. The number of benzene rings is 5. The lowest BCUT2D eigenvalue weighted by Crippen LogP contribution is -2.45. The van der Waals surface area contributed by atoms with Crippen molar-refractivity contribution in [1.29, 1.82) is 16.2 Å². The van der Waals surface area contributed by atoms with Crippen molar-refractivity contribution in [2.24, 2.45) is 17.2 Å². The molecule has 53 heavy (non-hydrogen) atoms. The van der Waals surface area contributed by atoms with Crippen molar-refractivity contribution in [1.82, 2.24) is 15.5 Å². The summed E-state index contributed by atoms with van der Waals surface area (Å²) in [4.78, 5) is 48.1. The predicted molar refractivity (Wildman–Crippen MR) is 211 cm³/mol. The maximum absolute atomic E-state index is 12.3. The Hall–Kier alpha value is -6.93. The van der Waals surface area contributed by atoms with E-state index >= 15 is 0 Å². The molecule has 5 aromatic carbocycles. The SMILES string of the molecule is N=C(N)N(C(=O)CCc1ccccc1)C(=O)c1ccccc1.N=C(N)NC(=O)C=Cc1ccccc1.N=C(N)NC(=O)c1ccc2ccccc2c1Br. The molecule has 5 aromatic rings. The minimum absolute atomic E-state index is 0.113. The van der Waals surface area contributed by atoms with Crippen molar-refractivity contribution >= 4 is 74.3 Å². The van der Waals surface area contributed by atoms with Gasteiger partial charge >= 0.3 is 0 Å². The molecule has 14 heteroatoms. The van der Waals surface area contributed by atoms with Crippen molar-refractivity contribution in [3.05, 3.63) is 160 Å². The van der Waals surface area contributed by atoms with Crippen LogP contribution in [0.4, 0.5) is 0 Å². The summed E-state index contributed by atoms with van der Waals surface area (Å²) in [5.41, 5.74) is 18.2. The number of imide groups is 1. The Kier molecular flexibility index (Phi) is 15.8. The number of carbonyl (C=O) groups is 4. The number of fused-ring (bicyclic) bond motifs is 1. The predicted octanol–water partition coefficient (Wildman–Crippen LogP) is 5.12. The Balaban J connectivity index is 0.000000220. The maximum atomic E-state index is 12.3.